The van der Waals surface area contributed by atoms with E-state index in [0.29, 0.717) is 13.1 Å². The van der Waals surface area contributed by atoms with Gasteiger partial charge in [0.2, 0.25) is 11.8 Å². The number of amides is 2. The average molecular weight is 361 g/mol. The molecule has 0 spiro atoms. The van der Waals surface area contributed by atoms with E-state index in [-0.39, 0.29) is 23.3 Å². The van der Waals surface area contributed by atoms with Crippen LogP contribution in [-0.4, -0.2) is 70.2 Å². The molecule has 2 saturated heterocycles. The normalized spacial score (nSPS) is 22.8. The molecule has 0 saturated carbocycles. The number of piperazine rings is 1. The minimum atomic E-state index is -0.350. The van der Waals surface area contributed by atoms with E-state index in [9.17, 15) is 9.59 Å². The molecule has 1 unspecified atom stereocenters. The molecule has 2 aliphatic rings. The zero-order valence-corrected chi connectivity index (χ0v) is 16.7. The highest BCUT2D eigenvalue weighted by Gasteiger charge is 2.38. The van der Waals surface area contributed by atoms with Crippen LogP contribution in [0.4, 0.5) is 5.82 Å². The number of hydrogen-bond donors (Lipinski definition) is 0. The molecule has 3 rings (SSSR count). The first-order chi connectivity index (χ1) is 12.2. The van der Waals surface area contributed by atoms with E-state index >= 15 is 0 Å². The maximum absolute atomic E-state index is 13.1. The standard InChI is InChI=1S/C19H31N5O2/c1-14-13-16(21(5)20-14)24-8-6-7-15(17(24)25)22-9-11-23(12-10-22)18(26)19(2,3)4/h13,15H,6-12H2,1-5H3. The lowest BCUT2D eigenvalue weighted by atomic mass is 9.94. The first kappa shape index (κ1) is 18.9. The second-order valence-electron chi connectivity index (χ2n) is 8.49. The molecule has 2 amide bonds. The van der Waals surface area contributed by atoms with Gasteiger partial charge in [0, 0.05) is 51.3 Å². The van der Waals surface area contributed by atoms with Gasteiger partial charge in [0.05, 0.1) is 11.7 Å². The number of hydrogen-bond acceptors (Lipinski definition) is 4. The van der Waals surface area contributed by atoms with Crippen LogP contribution in [0.25, 0.3) is 0 Å². The molecule has 0 bridgehead atoms. The average Bonchev–Trinajstić information content (AvgIpc) is 2.92. The van der Waals surface area contributed by atoms with Crippen molar-refractivity contribution < 1.29 is 9.59 Å². The lowest BCUT2D eigenvalue weighted by Gasteiger charge is -2.43. The van der Waals surface area contributed by atoms with Crippen molar-refractivity contribution in [1.82, 2.24) is 19.6 Å². The Labute approximate surface area is 155 Å². The first-order valence-electron chi connectivity index (χ1n) is 9.54. The molecule has 3 heterocycles. The van der Waals surface area contributed by atoms with Crippen molar-refractivity contribution in [2.24, 2.45) is 12.5 Å². The number of carbonyl (C=O) groups is 2. The molecular formula is C19H31N5O2. The second-order valence-corrected chi connectivity index (χ2v) is 8.49. The van der Waals surface area contributed by atoms with Crippen molar-refractivity contribution in [1.29, 1.82) is 0 Å². The Bertz CT molecular complexity index is 683. The van der Waals surface area contributed by atoms with Crippen LogP contribution in [0.5, 0.6) is 0 Å². The van der Waals surface area contributed by atoms with E-state index in [4.69, 9.17) is 0 Å². The third kappa shape index (κ3) is 3.63. The monoisotopic (exact) mass is 361 g/mol. The first-order valence-corrected chi connectivity index (χ1v) is 9.54. The molecule has 7 heteroatoms. The van der Waals surface area contributed by atoms with Gasteiger partial charge in [-0.2, -0.15) is 5.10 Å². The third-order valence-corrected chi connectivity index (χ3v) is 5.35. The predicted octanol–water partition coefficient (Wildman–Crippen LogP) is 1.41. The fourth-order valence-corrected chi connectivity index (χ4v) is 3.98. The fraction of sp³-hybridized carbons (Fsp3) is 0.737. The van der Waals surface area contributed by atoms with E-state index < -0.39 is 0 Å². The third-order valence-electron chi connectivity index (χ3n) is 5.35. The Balaban J connectivity index is 1.66. The number of rotatable bonds is 2. The van der Waals surface area contributed by atoms with E-state index in [0.717, 1.165) is 44.0 Å². The molecule has 0 N–H and O–H groups in total. The van der Waals surface area contributed by atoms with Crippen LogP contribution in [0.3, 0.4) is 0 Å². The van der Waals surface area contributed by atoms with Crippen LogP contribution in [0.15, 0.2) is 6.07 Å². The lowest BCUT2D eigenvalue weighted by molar-refractivity contribution is -0.142. The quantitative estimate of drug-likeness (QED) is 0.799. The number of carbonyl (C=O) groups excluding carboxylic acids is 2. The Morgan fingerprint density at radius 2 is 1.81 bits per heavy atom. The molecule has 0 aliphatic carbocycles. The smallest absolute Gasteiger partial charge is 0.245 e. The van der Waals surface area contributed by atoms with Gasteiger partial charge in [-0.1, -0.05) is 20.8 Å². The van der Waals surface area contributed by atoms with Gasteiger partial charge in [0.25, 0.3) is 0 Å². The largest absolute Gasteiger partial charge is 0.340 e. The van der Waals surface area contributed by atoms with Crippen molar-refractivity contribution in [2.45, 2.75) is 46.6 Å². The van der Waals surface area contributed by atoms with Gasteiger partial charge in [0.15, 0.2) is 0 Å². The summed E-state index contributed by atoms with van der Waals surface area (Å²) in [5, 5.41) is 4.38. The van der Waals surface area contributed by atoms with Crippen LogP contribution in [-0.2, 0) is 16.6 Å². The van der Waals surface area contributed by atoms with Crippen LogP contribution in [0, 0.1) is 12.3 Å². The zero-order chi connectivity index (χ0) is 19.1. The molecule has 0 radical (unpaired) electrons. The van der Waals surface area contributed by atoms with Gasteiger partial charge in [-0.3, -0.25) is 24.1 Å². The van der Waals surface area contributed by atoms with Gasteiger partial charge in [-0.25, -0.2) is 0 Å². The summed E-state index contributed by atoms with van der Waals surface area (Å²) >= 11 is 0. The predicted molar refractivity (Wildman–Crippen MR) is 101 cm³/mol. The minimum absolute atomic E-state index is 0.0918. The summed E-state index contributed by atoms with van der Waals surface area (Å²) in [5.41, 5.74) is 0.573. The summed E-state index contributed by atoms with van der Waals surface area (Å²) in [6.07, 6.45) is 1.88. The summed E-state index contributed by atoms with van der Waals surface area (Å²) in [6, 6.07) is 1.88. The highest BCUT2D eigenvalue weighted by Crippen LogP contribution is 2.26. The molecule has 2 aliphatic heterocycles. The summed E-state index contributed by atoms with van der Waals surface area (Å²) in [7, 11) is 1.89. The van der Waals surface area contributed by atoms with Crippen LogP contribution in [0.1, 0.15) is 39.3 Å². The topological polar surface area (TPSA) is 61.7 Å². The van der Waals surface area contributed by atoms with Crippen LogP contribution < -0.4 is 4.90 Å². The number of nitrogens with zero attached hydrogens (tertiary/aromatic N) is 5. The number of aryl methyl sites for hydroxylation is 2. The Morgan fingerprint density at radius 1 is 1.15 bits per heavy atom. The summed E-state index contributed by atoms with van der Waals surface area (Å²) in [5.74, 6) is 1.23. The fourth-order valence-electron chi connectivity index (χ4n) is 3.98. The van der Waals surface area contributed by atoms with Crippen molar-refractivity contribution in [2.75, 3.05) is 37.6 Å². The molecule has 2 fully saturated rings. The van der Waals surface area contributed by atoms with Gasteiger partial charge in [0.1, 0.15) is 5.82 Å². The van der Waals surface area contributed by atoms with Gasteiger partial charge in [-0.15, -0.1) is 0 Å². The number of piperidine rings is 1. The second kappa shape index (κ2) is 7.02. The molecule has 144 valence electrons. The Morgan fingerprint density at radius 3 is 2.35 bits per heavy atom. The van der Waals surface area contributed by atoms with Crippen molar-refractivity contribution in [3.63, 3.8) is 0 Å². The van der Waals surface area contributed by atoms with Crippen molar-refractivity contribution >= 4 is 17.6 Å². The highest BCUT2D eigenvalue weighted by molar-refractivity contribution is 5.97. The van der Waals surface area contributed by atoms with Gasteiger partial charge >= 0.3 is 0 Å². The molecule has 0 aromatic carbocycles. The molecular weight excluding hydrogens is 330 g/mol. The van der Waals surface area contributed by atoms with E-state index in [1.165, 1.54) is 0 Å². The Kier molecular flexibility index (Phi) is 5.10. The maximum atomic E-state index is 13.1. The zero-order valence-electron chi connectivity index (χ0n) is 16.7. The number of anilines is 1. The number of aromatic nitrogens is 2. The minimum Gasteiger partial charge on any atom is -0.340 e. The molecule has 1 aromatic heterocycles. The van der Waals surface area contributed by atoms with Gasteiger partial charge in [-0.05, 0) is 19.8 Å². The molecule has 26 heavy (non-hydrogen) atoms. The van der Waals surface area contributed by atoms with Crippen LogP contribution >= 0.6 is 0 Å². The SMILES string of the molecule is Cc1cc(N2CCCC(N3CCN(C(=O)C(C)(C)C)CC3)C2=O)n(C)n1. The van der Waals surface area contributed by atoms with E-state index in [2.05, 4.69) is 10.00 Å². The summed E-state index contributed by atoms with van der Waals surface area (Å²) in [6.45, 7) is 11.5. The maximum Gasteiger partial charge on any atom is 0.245 e. The summed E-state index contributed by atoms with van der Waals surface area (Å²) in [4.78, 5) is 31.7. The van der Waals surface area contributed by atoms with Crippen molar-refractivity contribution in [3.05, 3.63) is 11.8 Å². The molecule has 1 aromatic rings. The molecule has 1 atom stereocenters. The molecule has 7 nitrogen and oxygen atoms in total. The highest BCUT2D eigenvalue weighted by atomic mass is 16.2. The van der Waals surface area contributed by atoms with E-state index in [1.54, 1.807) is 4.68 Å². The Hall–Kier alpha value is -1.89. The lowest BCUT2D eigenvalue weighted by Crippen LogP contribution is -2.59. The van der Waals surface area contributed by atoms with Crippen LogP contribution in [0.2, 0.25) is 0 Å². The summed E-state index contributed by atoms with van der Waals surface area (Å²) < 4.78 is 1.79. The van der Waals surface area contributed by atoms with Crippen molar-refractivity contribution in [3.8, 4) is 0 Å². The van der Waals surface area contributed by atoms with Gasteiger partial charge < -0.3 is 4.90 Å². The van der Waals surface area contributed by atoms with E-state index in [1.807, 2.05) is 50.6 Å².